The summed E-state index contributed by atoms with van der Waals surface area (Å²) in [5, 5.41) is 0. The first kappa shape index (κ1) is 20.4. The van der Waals surface area contributed by atoms with Gasteiger partial charge in [0.1, 0.15) is 24.4 Å². The number of hydrogen-bond donors (Lipinski definition) is 0. The van der Waals surface area contributed by atoms with Crippen LogP contribution in [0, 0.1) is 6.92 Å². The average molecular weight is 382 g/mol. The van der Waals surface area contributed by atoms with E-state index in [1.807, 2.05) is 71.0 Å². The van der Waals surface area contributed by atoms with Crippen molar-refractivity contribution in [1.82, 2.24) is 0 Å². The number of carbonyl (C=O) groups excluding carboxylic acids is 1. The van der Waals surface area contributed by atoms with Crippen molar-refractivity contribution in [1.29, 1.82) is 0 Å². The predicted molar refractivity (Wildman–Crippen MR) is 110 cm³/mol. The molecule has 2 aromatic rings. The first-order chi connectivity index (χ1) is 13.2. The largest absolute Gasteiger partial charge is 0.497 e. The lowest BCUT2D eigenvalue weighted by molar-refractivity contribution is 0.00578. The molecule has 1 saturated heterocycles. The van der Waals surface area contributed by atoms with E-state index < -0.39 is 18.3 Å². The lowest BCUT2D eigenvalue weighted by Crippen LogP contribution is -2.41. The molecular formula is C22H27BO5. The summed E-state index contributed by atoms with van der Waals surface area (Å²) in [5.41, 5.74) is 2.18. The van der Waals surface area contributed by atoms with Gasteiger partial charge < -0.3 is 18.8 Å². The number of ether oxygens (including phenoxy) is 2. The average Bonchev–Trinajstić information content (AvgIpc) is 2.88. The highest BCUT2D eigenvalue weighted by Crippen LogP contribution is 2.37. The van der Waals surface area contributed by atoms with E-state index in [1.54, 1.807) is 7.11 Å². The van der Waals surface area contributed by atoms with Crippen molar-refractivity contribution in [2.24, 2.45) is 0 Å². The summed E-state index contributed by atoms with van der Waals surface area (Å²) in [7, 11) is 1.02. The third-order valence-corrected chi connectivity index (χ3v) is 5.57. The van der Waals surface area contributed by atoms with Crippen LogP contribution >= 0.6 is 0 Å². The Morgan fingerprint density at radius 1 is 1.04 bits per heavy atom. The van der Waals surface area contributed by atoms with E-state index in [9.17, 15) is 4.79 Å². The number of hydrogen-bond acceptors (Lipinski definition) is 5. The molecule has 5 nitrogen and oxygen atoms in total. The molecule has 0 aliphatic carbocycles. The number of aryl methyl sites for hydroxylation is 1. The van der Waals surface area contributed by atoms with Gasteiger partial charge in [0.2, 0.25) is 0 Å². The molecule has 1 fully saturated rings. The number of carbonyl (C=O) groups is 1. The molecule has 0 bridgehead atoms. The number of aldehydes is 1. The summed E-state index contributed by atoms with van der Waals surface area (Å²) >= 11 is 0. The minimum Gasteiger partial charge on any atom is -0.497 e. The molecule has 0 aromatic heterocycles. The maximum atomic E-state index is 11.6. The van der Waals surface area contributed by atoms with Crippen LogP contribution in [-0.2, 0) is 15.9 Å². The fourth-order valence-corrected chi connectivity index (χ4v) is 3.04. The van der Waals surface area contributed by atoms with E-state index in [0.717, 1.165) is 23.2 Å². The summed E-state index contributed by atoms with van der Waals surface area (Å²) in [6, 6.07) is 11.4. The lowest BCUT2D eigenvalue weighted by Gasteiger charge is -2.32. The van der Waals surface area contributed by atoms with Gasteiger partial charge in [-0.3, -0.25) is 4.79 Å². The molecule has 0 spiro atoms. The number of benzene rings is 2. The fraction of sp³-hybridized carbons (Fsp3) is 0.409. The Morgan fingerprint density at radius 2 is 1.64 bits per heavy atom. The highest BCUT2D eigenvalue weighted by atomic mass is 16.7. The second-order valence-corrected chi connectivity index (χ2v) is 8.09. The lowest BCUT2D eigenvalue weighted by atomic mass is 9.75. The molecule has 0 saturated carbocycles. The van der Waals surface area contributed by atoms with Crippen LogP contribution in [0.5, 0.6) is 11.5 Å². The molecule has 0 N–H and O–H groups in total. The van der Waals surface area contributed by atoms with Crippen LogP contribution < -0.4 is 14.9 Å². The summed E-state index contributed by atoms with van der Waals surface area (Å²) in [6.45, 7) is 10.3. The second-order valence-electron chi connectivity index (χ2n) is 8.09. The Morgan fingerprint density at radius 3 is 2.18 bits per heavy atom. The zero-order chi connectivity index (χ0) is 20.5. The normalized spacial score (nSPS) is 17.4. The van der Waals surface area contributed by atoms with Crippen LogP contribution in [0.15, 0.2) is 36.4 Å². The smallest absolute Gasteiger partial charge is 0.495 e. The first-order valence-corrected chi connectivity index (χ1v) is 9.38. The maximum Gasteiger partial charge on any atom is 0.495 e. The van der Waals surface area contributed by atoms with Gasteiger partial charge in [-0.25, -0.2) is 0 Å². The molecule has 148 valence electrons. The standard InChI is InChI=1S/C22H27BO5/c1-15-11-17(13-24)19(23-27-21(2,3)22(4,5)28-23)12-20(15)26-14-16-7-9-18(25-6)10-8-16/h7-13H,14H2,1-6H3. The van der Waals surface area contributed by atoms with E-state index in [0.29, 0.717) is 23.4 Å². The highest BCUT2D eigenvalue weighted by molar-refractivity contribution is 6.63. The maximum absolute atomic E-state index is 11.6. The van der Waals surface area contributed by atoms with Crippen molar-refractivity contribution in [2.45, 2.75) is 52.4 Å². The number of methoxy groups -OCH3 is 1. The van der Waals surface area contributed by atoms with Crippen LogP contribution in [0.3, 0.4) is 0 Å². The minimum atomic E-state index is -0.617. The van der Waals surface area contributed by atoms with Gasteiger partial charge in [0, 0.05) is 5.56 Å². The molecule has 3 rings (SSSR count). The van der Waals surface area contributed by atoms with Crippen molar-refractivity contribution in [3.8, 4) is 11.5 Å². The fourth-order valence-electron chi connectivity index (χ4n) is 3.04. The van der Waals surface area contributed by atoms with Gasteiger partial charge in [0.25, 0.3) is 0 Å². The van der Waals surface area contributed by atoms with E-state index in [-0.39, 0.29) is 0 Å². The van der Waals surface area contributed by atoms with Crippen molar-refractivity contribution in [2.75, 3.05) is 7.11 Å². The highest BCUT2D eigenvalue weighted by Gasteiger charge is 2.52. The Bertz CT molecular complexity index is 842. The van der Waals surface area contributed by atoms with Gasteiger partial charge in [-0.2, -0.15) is 0 Å². The molecule has 1 aliphatic rings. The van der Waals surface area contributed by atoms with E-state index in [1.165, 1.54) is 0 Å². The third kappa shape index (κ3) is 3.93. The topological polar surface area (TPSA) is 54.0 Å². The van der Waals surface area contributed by atoms with Crippen LogP contribution in [0.25, 0.3) is 0 Å². The van der Waals surface area contributed by atoms with Crippen molar-refractivity contribution >= 4 is 18.9 Å². The molecule has 6 heteroatoms. The molecule has 0 unspecified atom stereocenters. The van der Waals surface area contributed by atoms with Gasteiger partial charge in [-0.05, 0) is 75.5 Å². The van der Waals surface area contributed by atoms with Crippen molar-refractivity contribution in [3.63, 3.8) is 0 Å². The summed E-state index contributed by atoms with van der Waals surface area (Å²) in [5.74, 6) is 1.50. The molecular weight excluding hydrogens is 355 g/mol. The quantitative estimate of drug-likeness (QED) is 0.563. The number of rotatable bonds is 6. The summed E-state index contributed by atoms with van der Waals surface area (Å²) in [6.07, 6.45) is 0.834. The SMILES string of the molecule is COc1ccc(COc2cc(B3OC(C)(C)C(C)(C)O3)c(C=O)cc2C)cc1. The first-order valence-electron chi connectivity index (χ1n) is 9.38. The molecule has 0 atom stereocenters. The van der Waals surface area contributed by atoms with Crippen LogP contribution in [0.1, 0.15) is 49.2 Å². The Labute approximate surface area is 167 Å². The summed E-state index contributed by atoms with van der Waals surface area (Å²) in [4.78, 5) is 11.6. The molecule has 2 aromatic carbocycles. The monoisotopic (exact) mass is 382 g/mol. The van der Waals surface area contributed by atoms with Crippen molar-refractivity contribution in [3.05, 3.63) is 53.1 Å². The molecule has 0 amide bonds. The van der Waals surface area contributed by atoms with Crippen LogP contribution in [-0.4, -0.2) is 31.7 Å². The van der Waals surface area contributed by atoms with Gasteiger partial charge in [0.15, 0.2) is 0 Å². The zero-order valence-corrected chi connectivity index (χ0v) is 17.4. The molecule has 1 heterocycles. The molecule has 0 radical (unpaired) electrons. The Hall–Kier alpha value is -2.31. The third-order valence-electron chi connectivity index (χ3n) is 5.57. The van der Waals surface area contributed by atoms with E-state index in [4.69, 9.17) is 18.8 Å². The second kappa shape index (κ2) is 7.61. The van der Waals surface area contributed by atoms with Crippen LogP contribution in [0.4, 0.5) is 0 Å². The molecule has 1 aliphatic heterocycles. The van der Waals surface area contributed by atoms with Crippen LogP contribution in [0.2, 0.25) is 0 Å². The zero-order valence-electron chi connectivity index (χ0n) is 17.4. The minimum absolute atomic E-state index is 0.411. The van der Waals surface area contributed by atoms with Gasteiger partial charge in [-0.15, -0.1) is 0 Å². The predicted octanol–water partition coefficient (Wildman–Crippen LogP) is 3.69. The molecule has 28 heavy (non-hydrogen) atoms. The van der Waals surface area contributed by atoms with Crippen molar-refractivity contribution < 1.29 is 23.6 Å². The van der Waals surface area contributed by atoms with Gasteiger partial charge in [0.05, 0.1) is 18.3 Å². The summed E-state index contributed by atoms with van der Waals surface area (Å²) < 4.78 is 23.5. The Balaban J connectivity index is 1.85. The van der Waals surface area contributed by atoms with E-state index >= 15 is 0 Å². The van der Waals surface area contributed by atoms with Gasteiger partial charge >= 0.3 is 7.12 Å². The Kier molecular flexibility index (Phi) is 5.55. The van der Waals surface area contributed by atoms with Gasteiger partial charge in [-0.1, -0.05) is 12.1 Å². The van der Waals surface area contributed by atoms with E-state index in [2.05, 4.69) is 0 Å².